The summed E-state index contributed by atoms with van der Waals surface area (Å²) in [4.78, 5) is 24.7. The molecule has 0 aromatic carbocycles. The summed E-state index contributed by atoms with van der Waals surface area (Å²) in [7, 11) is -3.50. The van der Waals surface area contributed by atoms with Gasteiger partial charge in [0.1, 0.15) is 6.04 Å². The minimum absolute atomic E-state index is 0.145. The molecule has 0 aliphatic carbocycles. The molecule has 3 atom stereocenters. The number of nitrogens with zero attached hydrogens (tertiary/aromatic N) is 1. The highest BCUT2D eigenvalue weighted by Gasteiger charge is 2.36. The Bertz CT molecular complexity index is 476. The van der Waals surface area contributed by atoms with Crippen molar-refractivity contribution in [3.63, 3.8) is 0 Å². The van der Waals surface area contributed by atoms with E-state index in [0.29, 0.717) is 19.4 Å². The van der Waals surface area contributed by atoms with E-state index < -0.39 is 28.0 Å². The van der Waals surface area contributed by atoms with Gasteiger partial charge in [0.2, 0.25) is 15.9 Å². The zero-order valence-corrected chi connectivity index (χ0v) is 12.8. The molecular formula is C12H22N2O5S. The molecule has 3 unspecified atom stereocenters. The molecule has 7 nitrogen and oxygen atoms in total. The van der Waals surface area contributed by atoms with E-state index in [4.69, 9.17) is 5.11 Å². The molecule has 1 heterocycles. The van der Waals surface area contributed by atoms with E-state index in [0.717, 1.165) is 6.26 Å². The van der Waals surface area contributed by atoms with E-state index in [9.17, 15) is 18.0 Å². The van der Waals surface area contributed by atoms with Gasteiger partial charge in [-0.2, -0.15) is 0 Å². The van der Waals surface area contributed by atoms with Crippen LogP contribution in [-0.4, -0.2) is 55.7 Å². The monoisotopic (exact) mass is 306 g/mol. The largest absolute Gasteiger partial charge is 0.481 e. The molecule has 1 fully saturated rings. The maximum Gasteiger partial charge on any atom is 0.308 e. The van der Waals surface area contributed by atoms with Crippen molar-refractivity contribution in [2.24, 2.45) is 11.8 Å². The van der Waals surface area contributed by atoms with Crippen LogP contribution in [0, 0.1) is 11.8 Å². The average molecular weight is 306 g/mol. The van der Waals surface area contributed by atoms with Gasteiger partial charge in [0.15, 0.2) is 0 Å². The number of carbonyl (C=O) groups is 2. The number of carboxylic acid groups (broad SMARTS) is 1. The van der Waals surface area contributed by atoms with Crippen LogP contribution in [0.1, 0.15) is 26.7 Å². The highest BCUT2D eigenvalue weighted by molar-refractivity contribution is 7.88. The molecule has 116 valence electrons. The summed E-state index contributed by atoms with van der Waals surface area (Å²) in [5.41, 5.74) is 0. The van der Waals surface area contributed by atoms with Gasteiger partial charge in [-0.3, -0.25) is 9.59 Å². The van der Waals surface area contributed by atoms with Crippen LogP contribution in [-0.2, 0) is 19.6 Å². The van der Waals surface area contributed by atoms with E-state index in [1.807, 2.05) is 6.92 Å². The predicted octanol–water partition coefficient (Wildman–Crippen LogP) is -0.117. The van der Waals surface area contributed by atoms with Gasteiger partial charge in [-0.1, -0.05) is 20.3 Å². The molecule has 1 aliphatic heterocycles. The molecule has 0 saturated carbocycles. The van der Waals surface area contributed by atoms with Crippen LogP contribution in [0.25, 0.3) is 0 Å². The number of aliphatic carboxylic acids is 1. The number of likely N-dealkylation sites (tertiary alicyclic amines) is 1. The Kier molecular flexibility index (Phi) is 5.52. The summed E-state index contributed by atoms with van der Waals surface area (Å²) < 4.78 is 25.1. The molecule has 8 heteroatoms. The van der Waals surface area contributed by atoms with Gasteiger partial charge in [0, 0.05) is 13.1 Å². The number of hydrogen-bond acceptors (Lipinski definition) is 4. The zero-order valence-electron chi connectivity index (χ0n) is 12.0. The molecule has 0 aromatic heterocycles. The molecule has 0 aromatic rings. The summed E-state index contributed by atoms with van der Waals surface area (Å²) in [6.07, 6.45) is 2.07. The maximum atomic E-state index is 12.4. The van der Waals surface area contributed by atoms with Crippen molar-refractivity contribution in [3.05, 3.63) is 0 Å². The number of nitrogens with one attached hydrogen (secondary N) is 1. The van der Waals surface area contributed by atoms with E-state index in [1.165, 1.54) is 4.90 Å². The van der Waals surface area contributed by atoms with Crippen LogP contribution in [0.3, 0.4) is 0 Å². The fourth-order valence-corrected chi connectivity index (χ4v) is 3.03. The van der Waals surface area contributed by atoms with Crippen LogP contribution in [0.5, 0.6) is 0 Å². The molecule has 0 spiro atoms. The number of hydrogen-bond donors (Lipinski definition) is 2. The third kappa shape index (κ3) is 4.45. The molecule has 2 N–H and O–H groups in total. The Morgan fingerprint density at radius 2 is 2.05 bits per heavy atom. The second-order valence-electron chi connectivity index (χ2n) is 5.36. The number of amides is 1. The fourth-order valence-electron chi connectivity index (χ4n) is 2.24. The third-order valence-corrected chi connectivity index (χ3v) is 4.35. The zero-order chi connectivity index (χ0) is 15.5. The van der Waals surface area contributed by atoms with Crippen LogP contribution >= 0.6 is 0 Å². The number of carboxylic acids is 1. The lowest BCUT2D eigenvalue weighted by Crippen LogP contribution is -2.50. The van der Waals surface area contributed by atoms with Crippen molar-refractivity contribution in [2.45, 2.75) is 32.7 Å². The van der Waals surface area contributed by atoms with Crippen molar-refractivity contribution in [1.82, 2.24) is 9.62 Å². The third-order valence-electron chi connectivity index (χ3n) is 3.67. The molecule has 1 rings (SSSR count). The first-order valence-corrected chi connectivity index (χ1v) is 8.53. The lowest BCUT2D eigenvalue weighted by Gasteiger charge is -2.27. The molecule has 1 aliphatic rings. The van der Waals surface area contributed by atoms with Crippen LogP contribution < -0.4 is 4.72 Å². The molecule has 20 heavy (non-hydrogen) atoms. The van der Waals surface area contributed by atoms with Gasteiger partial charge in [0.25, 0.3) is 0 Å². The van der Waals surface area contributed by atoms with Gasteiger partial charge in [0.05, 0.1) is 12.2 Å². The summed E-state index contributed by atoms with van der Waals surface area (Å²) in [6.45, 7) is 4.17. The number of carbonyl (C=O) groups excluding carboxylic acids is 1. The van der Waals surface area contributed by atoms with Crippen molar-refractivity contribution in [1.29, 1.82) is 0 Å². The van der Waals surface area contributed by atoms with Gasteiger partial charge in [-0.15, -0.1) is 0 Å². The van der Waals surface area contributed by atoms with Crippen molar-refractivity contribution >= 4 is 21.9 Å². The topological polar surface area (TPSA) is 104 Å². The van der Waals surface area contributed by atoms with Crippen molar-refractivity contribution < 1.29 is 23.1 Å². The first kappa shape index (κ1) is 16.9. The normalized spacial score (nSPS) is 22.6. The molecule has 1 amide bonds. The van der Waals surface area contributed by atoms with Gasteiger partial charge in [-0.05, 0) is 12.3 Å². The van der Waals surface area contributed by atoms with Gasteiger partial charge >= 0.3 is 5.97 Å². The Morgan fingerprint density at radius 3 is 2.45 bits per heavy atom. The van der Waals surface area contributed by atoms with Gasteiger partial charge in [-0.25, -0.2) is 13.1 Å². The maximum absolute atomic E-state index is 12.4. The van der Waals surface area contributed by atoms with E-state index in [2.05, 4.69) is 4.72 Å². The number of rotatable bonds is 6. The predicted molar refractivity (Wildman–Crippen MR) is 73.5 cm³/mol. The van der Waals surface area contributed by atoms with Crippen LogP contribution in [0.4, 0.5) is 0 Å². The minimum atomic E-state index is -3.50. The first-order valence-electron chi connectivity index (χ1n) is 6.64. The molecule has 0 bridgehead atoms. The van der Waals surface area contributed by atoms with Crippen molar-refractivity contribution in [3.8, 4) is 0 Å². The lowest BCUT2D eigenvalue weighted by molar-refractivity contribution is -0.141. The Labute approximate surface area is 119 Å². The van der Waals surface area contributed by atoms with E-state index in [-0.39, 0.29) is 18.4 Å². The lowest BCUT2D eigenvalue weighted by atomic mass is 9.99. The SMILES string of the molecule is CCC(C)C(NS(C)(=O)=O)C(=O)N1CCC(C(=O)O)C1. The van der Waals surface area contributed by atoms with E-state index >= 15 is 0 Å². The second-order valence-corrected chi connectivity index (χ2v) is 7.14. The first-order chi connectivity index (χ1) is 9.15. The molecule has 1 saturated heterocycles. The van der Waals surface area contributed by atoms with Crippen molar-refractivity contribution in [2.75, 3.05) is 19.3 Å². The summed E-state index contributed by atoms with van der Waals surface area (Å²) in [6, 6.07) is -0.831. The second kappa shape index (κ2) is 6.53. The van der Waals surface area contributed by atoms with E-state index in [1.54, 1.807) is 6.92 Å². The van der Waals surface area contributed by atoms with Gasteiger partial charge < -0.3 is 10.0 Å². The fraction of sp³-hybridized carbons (Fsp3) is 0.833. The highest BCUT2D eigenvalue weighted by Crippen LogP contribution is 2.20. The Morgan fingerprint density at radius 1 is 1.45 bits per heavy atom. The smallest absolute Gasteiger partial charge is 0.308 e. The average Bonchev–Trinajstić information content (AvgIpc) is 2.82. The quantitative estimate of drug-likeness (QED) is 0.712. The minimum Gasteiger partial charge on any atom is -0.481 e. The van der Waals surface area contributed by atoms with Crippen LogP contribution in [0.15, 0.2) is 0 Å². The highest BCUT2D eigenvalue weighted by atomic mass is 32.2. The summed E-state index contributed by atoms with van der Waals surface area (Å²) in [5, 5.41) is 8.94. The summed E-state index contributed by atoms with van der Waals surface area (Å²) >= 11 is 0. The molecular weight excluding hydrogens is 284 g/mol. The summed E-state index contributed by atoms with van der Waals surface area (Å²) in [5.74, 6) is -1.97. The Hall–Kier alpha value is -1.15. The van der Waals surface area contributed by atoms with Crippen LogP contribution in [0.2, 0.25) is 0 Å². The standard InChI is InChI=1S/C12H22N2O5S/c1-4-8(2)10(13-20(3,18)19)11(15)14-6-5-9(7-14)12(16)17/h8-10,13H,4-7H2,1-3H3,(H,16,17). The Balaban J connectivity index is 2.81. The number of sulfonamides is 1. The molecule has 0 radical (unpaired) electrons.